The molecule has 0 saturated carbocycles. The van der Waals surface area contributed by atoms with Crippen molar-refractivity contribution in [3.63, 3.8) is 0 Å². The predicted molar refractivity (Wildman–Crippen MR) is 97.6 cm³/mol. The van der Waals surface area contributed by atoms with Gasteiger partial charge in [0.1, 0.15) is 5.52 Å². The third kappa shape index (κ3) is 4.12. The fourth-order valence-electron chi connectivity index (χ4n) is 2.53. The van der Waals surface area contributed by atoms with Gasteiger partial charge in [-0.1, -0.05) is 35.5 Å². The fraction of sp³-hybridized carbons (Fsp3) is 0.200. The highest BCUT2D eigenvalue weighted by Crippen LogP contribution is 2.29. The van der Waals surface area contributed by atoms with Crippen LogP contribution in [0.2, 0.25) is 0 Å². The standard InChI is InChI=1S/C20H17N3O4/c1-23(11-5-10-21)18(24)13-26-20(25)15-8-9-17-16(12-15)19(27-22-17)14-6-3-2-4-7-14/h2-4,6-9,12H,5,11,13H2,1H3. The average molecular weight is 363 g/mol. The van der Waals surface area contributed by atoms with Crippen molar-refractivity contribution in [2.45, 2.75) is 6.42 Å². The third-order valence-electron chi connectivity index (χ3n) is 4.06. The maximum Gasteiger partial charge on any atom is 0.338 e. The fourth-order valence-corrected chi connectivity index (χ4v) is 2.53. The largest absolute Gasteiger partial charge is 0.452 e. The second-order valence-corrected chi connectivity index (χ2v) is 5.91. The Kier molecular flexibility index (Phi) is 5.47. The van der Waals surface area contributed by atoms with Gasteiger partial charge in [0.25, 0.3) is 5.91 Å². The van der Waals surface area contributed by atoms with Crippen LogP contribution in [-0.2, 0) is 9.53 Å². The molecule has 0 aliphatic rings. The Morgan fingerprint density at radius 2 is 2.00 bits per heavy atom. The zero-order chi connectivity index (χ0) is 19.2. The number of aromatic nitrogens is 1. The number of nitriles is 1. The van der Waals surface area contributed by atoms with Crippen LogP contribution < -0.4 is 0 Å². The van der Waals surface area contributed by atoms with E-state index >= 15 is 0 Å². The van der Waals surface area contributed by atoms with E-state index in [2.05, 4.69) is 5.16 Å². The number of carbonyl (C=O) groups excluding carboxylic acids is 2. The van der Waals surface area contributed by atoms with Gasteiger partial charge in [0.05, 0.1) is 23.4 Å². The summed E-state index contributed by atoms with van der Waals surface area (Å²) in [6.07, 6.45) is 0.225. The van der Waals surface area contributed by atoms with Crippen LogP contribution in [-0.4, -0.2) is 42.1 Å². The van der Waals surface area contributed by atoms with Crippen molar-refractivity contribution < 1.29 is 18.8 Å². The molecule has 2 aromatic carbocycles. The van der Waals surface area contributed by atoms with Gasteiger partial charge in [-0.05, 0) is 18.2 Å². The minimum absolute atomic E-state index is 0.225. The topological polar surface area (TPSA) is 96.4 Å². The highest BCUT2D eigenvalue weighted by atomic mass is 16.5. The van der Waals surface area contributed by atoms with E-state index in [0.29, 0.717) is 28.8 Å². The summed E-state index contributed by atoms with van der Waals surface area (Å²) >= 11 is 0. The van der Waals surface area contributed by atoms with Crippen LogP contribution in [0, 0.1) is 11.3 Å². The lowest BCUT2D eigenvalue weighted by Crippen LogP contribution is -2.31. The molecule has 7 nitrogen and oxygen atoms in total. The van der Waals surface area contributed by atoms with Gasteiger partial charge in [0, 0.05) is 19.2 Å². The highest BCUT2D eigenvalue weighted by Gasteiger charge is 2.16. The molecule has 0 radical (unpaired) electrons. The summed E-state index contributed by atoms with van der Waals surface area (Å²) < 4.78 is 10.5. The molecule has 3 rings (SSSR count). The minimum atomic E-state index is -0.612. The molecule has 136 valence electrons. The molecule has 0 unspecified atom stereocenters. The normalized spacial score (nSPS) is 10.4. The van der Waals surface area contributed by atoms with Gasteiger partial charge in [0.2, 0.25) is 0 Å². The quantitative estimate of drug-likeness (QED) is 0.625. The van der Waals surface area contributed by atoms with E-state index in [1.807, 2.05) is 36.4 Å². The molecular weight excluding hydrogens is 346 g/mol. The van der Waals surface area contributed by atoms with Crippen LogP contribution in [0.4, 0.5) is 0 Å². The second-order valence-electron chi connectivity index (χ2n) is 5.91. The van der Waals surface area contributed by atoms with Gasteiger partial charge in [-0.15, -0.1) is 0 Å². The molecule has 0 saturated heterocycles. The second kappa shape index (κ2) is 8.15. The number of fused-ring (bicyclic) bond motifs is 1. The third-order valence-corrected chi connectivity index (χ3v) is 4.06. The number of nitrogens with zero attached hydrogens (tertiary/aromatic N) is 3. The minimum Gasteiger partial charge on any atom is -0.452 e. The molecule has 0 spiro atoms. The first-order chi connectivity index (χ1) is 13.1. The van der Waals surface area contributed by atoms with Crippen molar-refractivity contribution in [3.8, 4) is 17.4 Å². The molecule has 0 aliphatic heterocycles. The summed E-state index contributed by atoms with van der Waals surface area (Å²) in [7, 11) is 1.56. The Bertz CT molecular complexity index is 1000. The Hall–Kier alpha value is -3.66. The summed E-state index contributed by atoms with van der Waals surface area (Å²) in [6.45, 7) is -0.0893. The van der Waals surface area contributed by atoms with Crippen LogP contribution in [0.1, 0.15) is 16.8 Å². The van der Waals surface area contributed by atoms with Gasteiger partial charge in [0.15, 0.2) is 12.4 Å². The summed E-state index contributed by atoms with van der Waals surface area (Å²) in [5.74, 6) is -0.415. The number of carbonyl (C=O) groups is 2. The van der Waals surface area contributed by atoms with E-state index in [4.69, 9.17) is 14.5 Å². The van der Waals surface area contributed by atoms with Gasteiger partial charge < -0.3 is 14.2 Å². The number of ether oxygens (including phenoxy) is 1. The number of amides is 1. The molecule has 0 fully saturated rings. The SMILES string of the molecule is CN(CCC#N)C(=O)COC(=O)c1ccc2noc(-c3ccccc3)c2c1. The van der Waals surface area contributed by atoms with Crippen LogP contribution >= 0.6 is 0 Å². The van der Waals surface area contributed by atoms with Crippen molar-refractivity contribution in [1.82, 2.24) is 10.1 Å². The summed E-state index contributed by atoms with van der Waals surface area (Å²) in [5.41, 5.74) is 1.77. The van der Waals surface area contributed by atoms with Crippen molar-refractivity contribution in [2.24, 2.45) is 0 Å². The van der Waals surface area contributed by atoms with Crippen LogP contribution in [0.3, 0.4) is 0 Å². The lowest BCUT2D eigenvalue weighted by atomic mass is 10.1. The first-order valence-electron chi connectivity index (χ1n) is 8.33. The smallest absolute Gasteiger partial charge is 0.338 e. The Morgan fingerprint density at radius 1 is 1.22 bits per heavy atom. The first kappa shape index (κ1) is 18.1. The summed E-state index contributed by atoms with van der Waals surface area (Å²) in [6, 6.07) is 16.3. The number of hydrogen-bond acceptors (Lipinski definition) is 6. The van der Waals surface area contributed by atoms with Crippen molar-refractivity contribution in [1.29, 1.82) is 5.26 Å². The van der Waals surface area contributed by atoms with Crippen molar-refractivity contribution in [2.75, 3.05) is 20.2 Å². The number of benzene rings is 2. The average Bonchev–Trinajstić information content (AvgIpc) is 3.13. The van der Waals surface area contributed by atoms with Crippen LogP contribution in [0.15, 0.2) is 53.1 Å². The summed E-state index contributed by atoms with van der Waals surface area (Å²) in [5, 5.41) is 13.2. The lowest BCUT2D eigenvalue weighted by Gasteiger charge is -2.15. The Balaban J connectivity index is 1.74. The molecule has 0 aliphatic carbocycles. The molecular formula is C20H17N3O4. The Labute approximate surface area is 155 Å². The zero-order valence-electron chi connectivity index (χ0n) is 14.7. The van der Waals surface area contributed by atoms with Gasteiger partial charge >= 0.3 is 5.97 Å². The molecule has 0 N–H and O–H groups in total. The number of hydrogen-bond donors (Lipinski definition) is 0. The molecule has 1 aromatic heterocycles. The molecule has 0 atom stereocenters. The maximum atomic E-state index is 12.3. The molecule has 7 heteroatoms. The van der Waals surface area contributed by atoms with Gasteiger partial charge in [-0.2, -0.15) is 5.26 Å². The molecule has 1 heterocycles. The predicted octanol–water partition coefficient (Wildman–Crippen LogP) is 3.02. The van der Waals surface area contributed by atoms with Crippen LogP contribution in [0.25, 0.3) is 22.2 Å². The van der Waals surface area contributed by atoms with Crippen molar-refractivity contribution >= 4 is 22.8 Å². The van der Waals surface area contributed by atoms with E-state index in [1.54, 1.807) is 25.2 Å². The monoisotopic (exact) mass is 363 g/mol. The van der Waals surface area contributed by atoms with E-state index in [1.165, 1.54) is 4.90 Å². The van der Waals surface area contributed by atoms with E-state index in [-0.39, 0.29) is 18.9 Å². The van der Waals surface area contributed by atoms with E-state index in [0.717, 1.165) is 5.56 Å². The number of rotatable bonds is 6. The van der Waals surface area contributed by atoms with Crippen molar-refractivity contribution in [3.05, 3.63) is 54.1 Å². The first-order valence-corrected chi connectivity index (χ1v) is 8.33. The molecule has 27 heavy (non-hydrogen) atoms. The Morgan fingerprint density at radius 3 is 2.74 bits per heavy atom. The maximum absolute atomic E-state index is 12.3. The highest BCUT2D eigenvalue weighted by molar-refractivity contribution is 5.99. The number of likely N-dealkylation sites (N-methyl/N-ethyl adjacent to an activating group) is 1. The zero-order valence-corrected chi connectivity index (χ0v) is 14.7. The van der Waals surface area contributed by atoms with Gasteiger partial charge in [-0.25, -0.2) is 4.79 Å². The van der Waals surface area contributed by atoms with Crippen LogP contribution in [0.5, 0.6) is 0 Å². The van der Waals surface area contributed by atoms with E-state index in [9.17, 15) is 9.59 Å². The summed E-state index contributed by atoms with van der Waals surface area (Å²) in [4.78, 5) is 25.6. The molecule has 0 bridgehead atoms. The molecule has 3 aromatic rings. The van der Waals surface area contributed by atoms with Gasteiger partial charge in [-0.3, -0.25) is 4.79 Å². The molecule has 1 amide bonds. The lowest BCUT2D eigenvalue weighted by molar-refractivity contribution is -0.133. The number of esters is 1. The van der Waals surface area contributed by atoms with E-state index < -0.39 is 5.97 Å².